The summed E-state index contributed by atoms with van der Waals surface area (Å²) < 4.78 is 40.9. The number of fused-ring (bicyclic) bond motifs is 1. The first kappa shape index (κ1) is 22.3. The van der Waals surface area contributed by atoms with Gasteiger partial charge in [-0.25, -0.2) is 4.79 Å². The van der Waals surface area contributed by atoms with Gasteiger partial charge in [-0.05, 0) is 80.1 Å². The van der Waals surface area contributed by atoms with Crippen LogP contribution >= 0.6 is 0 Å². The minimum atomic E-state index is -2.91. The summed E-state index contributed by atoms with van der Waals surface area (Å²) in [4.78, 5) is 14.5. The van der Waals surface area contributed by atoms with E-state index in [1.807, 2.05) is 19.9 Å². The van der Waals surface area contributed by atoms with Gasteiger partial charge in [-0.2, -0.15) is 8.78 Å². The molecule has 5 nitrogen and oxygen atoms in total. The molecule has 1 aliphatic rings. The van der Waals surface area contributed by atoms with Crippen molar-refractivity contribution in [3.8, 4) is 11.5 Å². The minimum Gasteiger partial charge on any atom is -0.490 e. The summed E-state index contributed by atoms with van der Waals surface area (Å²) in [5, 5.41) is 0.939. The Kier molecular flexibility index (Phi) is 6.46. The van der Waals surface area contributed by atoms with Crippen molar-refractivity contribution in [2.24, 2.45) is 0 Å². The van der Waals surface area contributed by atoms with Crippen LogP contribution in [0.4, 0.5) is 8.78 Å². The second-order valence-corrected chi connectivity index (χ2v) is 8.25. The Morgan fingerprint density at radius 2 is 1.81 bits per heavy atom. The number of aryl methyl sites for hydroxylation is 2. The molecule has 0 aliphatic heterocycles. The molecule has 2 aromatic carbocycles. The van der Waals surface area contributed by atoms with Crippen LogP contribution in [0.1, 0.15) is 42.0 Å². The Morgan fingerprint density at radius 3 is 2.50 bits per heavy atom. The maximum atomic E-state index is 12.7. The maximum absolute atomic E-state index is 12.7. The highest BCUT2D eigenvalue weighted by Crippen LogP contribution is 2.34. The summed E-state index contributed by atoms with van der Waals surface area (Å²) in [6.45, 7) is 4.47. The summed E-state index contributed by atoms with van der Waals surface area (Å²) in [5.41, 5.74) is 4.31. The van der Waals surface area contributed by atoms with E-state index in [4.69, 9.17) is 9.15 Å². The fourth-order valence-electron chi connectivity index (χ4n) is 3.93. The van der Waals surface area contributed by atoms with Gasteiger partial charge in [0, 0.05) is 30.6 Å². The third-order valence-electron chi connectivity index (χ3n) is 5.79. The molecule has 1 heterocycles. The lowest BCUT2D eigenvalue weighted by Gasteiger charge is -2.23. The smallest absolute Gasteiger partial charge is 0.387 e. The molecule has 32 heavy (non-hydrogen) atoms. The average molecular weight is 443 g/mol. The molecule has 7 heteroatoms. The molecule has 0 unspecified atom stereocenters. The zero-order valence-electron chi connectivity index (χ0n) is 18.5. The Labute approximate surface area is 185 Å². The number of ether oxygens (including phenoxy) is 2. The number of benzene rings is 2. The molecule has 1 fully saturated rings. The van der Waals surface area contributed by atoms with Gasteiger partial charge in [0.2, 0.25) is 0 Å². The molecule has 0 N–H and O–H groups in total. The van der Waals surface area contributed by atoms with Crippen molar-refractivity contribution < 1.29 is 22.7 Å². The topological polar surface area (TPSA) is 51.9 Å². The van der Waals surface area contributed by atoms with Crippen molar-refractivity contribution in [2.45, 2.75) is 59.4 Å². The summed E-state index contributed by atoms with van der Waals surface area (Å²) in [6.07, 6.45) is 2.17. The third kappa shape index (κ3) is 5.10. The van der Waals surface area contributed by atoms with E-state index in [0.717, 1.165) is 40.5 Å². The lowest BCUT2D eigenvalue weighted by atomic mass is 10.0. The molecule has 0 bridgehead atoms. The Hall–Kier alpha value is -2.93. The number of hydrogen-bond acceptors (Lipinski definition) is 5. The molecule has 4 rings (SSSR count). The Morgan fingerprint density at radius 1 is 1.06 bits per heavy atom. The van der Waals surface area contributed by atoms with E-state index in [-0.39, 0.29) is 11.4 Å². The maximum Gasteiger partial charge on any atom is 0.387 e. The Balaban J connectivity index is 1.63. The van der Waals surface area contributed by atoms with Crippen LogP contribution in [0.2, 0.25) is 0 Å². The highest BCUT2D eigenvalue weighted by Gasteiger charge is 2.30. The zero-order valence-corrected chi connectivity index (χ0v) is 18.5. The van der Waals surface area contributed by atoms with Crippen molar-refractivity contribution in [1.29, 1.82) is 0 Å². The van der Waals surface area contributed by atoms with Crippen LogP contribution in [-0.2, 0) is 13.1 Å². The van der Waals surface area contributed by atoms with E-state index < -0.39 is 6.61 Å². The van der Waals surface area contributed by atoms with Crippen LogP contribution in [0.5, 0.6) is 11.5 Å². The molecule has 1 aliphatic carbocycles. The normalized spacial score (nSPS) is 13.8. The van der Waals surface area contributed by atoms with Crippen molar-refractivity contribution in [1.82, 2.24) is 4.90 Å². The summed E-state index contributed by atoms with van der Waals surface area (Å²) in [5.74, 6) is 0.332. The lowest BCUT2D eigenvalue weighted by Crippen LogP contribution is -2.25. The number of rotatable bonds is 9. The molecule has 1 saturated carbocycles. The van der Waals surface area contributed by atoms with Gasteiger partial charge in [-0.3, -0.25) is 4.90 Å². The van der Waals surface area contributed by atoms with Crippen LogP contribution in [0, 0.1) is 13.8 Å². The first-order chi connectivity index (χ1) is 15.3. The lowest BCUT2D eigenvalue weighted by molar-refractivity contribution is -0.0514. The van der Waals surface area contributed by atoms with Gasteiger partial charge in [0.05, 0.1) is 6.61 Å². The van der Waals surface area contributed by atoms with Gasteiger partial charge in [-0.1, -0.05) is 6.07 Å². The van der Waals surface area contributed by atoms with Crippen LogP contribution in [0.3, 0.4) is 0 Å². The first-order valence-corrected chi connectivity index (χ1v) is 10.8. The minimum absolute atomic E-state index is 0.0288. The predicted octanol–water partition coefficient (Wildman–Crippen LogP) is 5.57. The van der Waals surface area contributed by atoms with Crippen LogP contribution in [0.25, 0.3) is 11.0 Å². The molecule has 0 atom stereocenters. The third-order valence-corrected chi connectivity index (χ3v) is 5.79. The van der Waals surface area contributed by atoms with E-state index in [0.29, 0.717) is 37.1 Å². The zero-order chi connectivity index (χ0) is 22.8. The largest absolute Gasteiger partial charge is 0.490 e. The summed E-state index contributed by atoms with van der Waals surface area (Å²) in [7, 11) is 0. The fourth-order valence-corrected chi connectivity index (χ4v) is 3.93. The van der Waals surface area contributed by atoms with Crippen molar-refractivity contribution in [3.05, 3.63) is 69.1 Å². The van der Waals surface area contributed by atoms with Crippen LogP contribution in [-0.4, -0.2) is 24.2 Å². The first-order valence-electron chi connectivity index (χ1n) is 10.8. The van der Waals surface area contributed by atoms with Crippen molar-refractivity contribution in [3.63, 3.8) is 0 Å². The van der Waals surface area contributed by atoms with Crippen molar-refractivity contribution >= 4 is 11.0 Å². The van der Waals surface area contributed by atoms with Crippen LogP contribution in [0.15, 0.2) is 45.6 Å². The molecule has 0 spiro atoms. The Bertz CT molecular complexity index is 1170. The predicted molar refractivity (Wildman–Crippen MR) is 118 cm³/mol. The van der Waals surface area contributed by atoms with Gasteiger partial charge >= 0.3 is 12.2 Å². The highest BCUT2D eigenvalue weighted by atomic mass is 19.3. The standard InChI is InChI=1S/C25H27F2NO4/c1-4-30-23-11-17(5-8-21(23)32-25(26)27)13-28(19-6-7-19)14-18-12-24(29)31-22-10-16(3)15(2)9-20(18)22/h5,8-12,19,25H,4,6-7,13-14H2,1-3H3. The number of alkyl halides is 2. The molecule has 0 amide bonds. The summed E-state index contributed by atoms with van der Waals surface area (Å²) >= 11 is 0. The SMILES string of the molecule is CCOc1cc(CN(Cc2cc(=O)oc3cc(C)c(C)cc23)C2CC2)ccc1OC(F)F. The van der Waals surface area contributed by atoms with Crippen molar-refractivity contribution in [2.75, 3.05) is 6.61 Å². The van der Waals surface area contributed by atoms with Gasteiger partial charge in [0.1, 0.15) is 5.58 Å². The van der Waals surface area contributed by atoms with Gasteiger partial charge in [-0.15, -0.1) is 0 Å². The van der Waals surface area contributed by atoms with Gasteiger partial charge in [0.15, 0.2) is 11.5 Å². The van der Waals surface area contributed by atoms with E-state index in [1.165, 1.54) is 6.07 Å². The highest BCUT2D eigenvalue weighted by molar-refractivity contribution is 5.81. The number of nitrogens with zero attached hydrogens (tertiary/aromatic N) is 1. The van der Waals surface area contributed by atoms with E-state index in [2.05, 4.69) is 15.7 Å². The molecule has 1 aromatic heterocycles. The monoisotopic (exact) mass is 443 g/mol. The molecular formula is C25H27F2NO4. The van der Waals surface area contributed by atoms with E-state index in [1.54, 1.807) is 25.1 Å². The number of hydrogen-bond donors (Lipinski definition) is 0. The van der Waals surface area contributed by atoms with Crippen LogP contribution < -0.4 is 15.1 Å². The molecular weight excluding hydrogens is 416 g/mol. The number of halogens is 2. The van der Waals surface area contributed by atoms with E-state index >= 15 is 0 Å². The molecule has 170 valence electrons. The second-order valence-electron chi connectivity index (χ2n) is 8.25. The average Bonchev–Trinajstić information content (AvgIpc) is 3.56. The quantitative estimate of drug-likeness (QED) is 0.405. The second kappa shape index (κ2) is 9.28. The summed E-state index contributed by atoms with van der Waals surface area (Å²) in [6, 6.07) is 11.0. The molecule has 0 radical (unpaired) electrons. The molecule has 0 saturated heterocycles. The fraction of sp³-hybridized carbons (Fsp3) is 0.400. The van der Waals surface area contributed by atoms with Gasteiger partial charge in [0.25, 0.3) is 0 Å². The molecule has 3 aromatic rings. The van der Waals surface area contributed by atoms with Gasteiger partial charge < -0.3 is 13.9 Å². The van der Waals surface area contributed by atoms with E-state index in [9.17, 15) is 13.6 Å².